The van der Waals surface area contributed by atoms with Crippen molar-refractivity contribution in [3.8, 4) is 0 Å². The molecule has 0 spiro atoms. The number of aliphatic hydroxyl groups excluding tert-OH is 1. The molecule has 0 saturated carbocycles. The average Bonchev–Trinajstić information content (AvgIpc) is 2.37. The fourth-order valence-corrected chi connectivity index (χ4v) is 2.80. The van der Waals surface area contributed by atoms with Crippen molar-refractivity contribution in [1.82, 2.24) is 5.32 Å². The molecule has 1 aromatic rings. The molecule has 0 bridgehead atoms. The Morgan fingerprint density at radius 2 is 1.70 bits per heavy atom. The smallest absolute Gasteiger partial charge is 0.175 e. The molecule has 0 aromatic heterocycles. The van der Waals surface area contributed by atoms with Crippen LogP contribution in [-0.4, -0.2) is 32.4 Å². The highest BCUT2D eigenvalue weighted by Crippen LogP contribution is 2.18. The number of nitrogens with one attached hydrogen (secondary N) is 1. The quantitative estimate of drug-likeness (QED) is 0.809. The van der Waals surface area contributed by atoms with Gasteiger partial charge >= 0.3 is 0 Å². The maximum Gasteiger partial charge on any atom is 0.175 e. The van der Waals surface area contributed by atoms with Crippen LogP contribution in [0, 0.1) is 5.92 Å². The Kier molecular flexibility index (Phi) is 6.17. The maximum atomic E-state index is 11.4. The van der Waals surface area contributed by atoms with E-state index in [2.05, 4.69) is 19.2 Å². The summed E-state index contributed by atoms with van der Waals surface area (Å²) in [6, 6.07) is 7.31. The predicted molar refractivity (Wildman–Crippen MR) is 81.4 cm³/mol. The van der Waals surface area contributed by atoms with Gasteiger partial charge < -0.3 is 10.4 Å². The lowest BCUT2D eigenvalue weighted by atomic mass is 9.99. The zero-order valence-corrected chi connectivity index (χ0v) is 13.4. The van der Waals surface area contributed by atoms with Crippen molar-refractivity contribution in [1.29, 1.82) is 0 Å². The van der Waals surface area contributed by atoms with E-state index in [1.165, 1.54) is 6.26 Å². The summed E-state index contributed by atoms with van der Waals surface area (Å²) in [5.41, 5.74) is 1.04. The fourth-order valence-electron chi connectivity index (χ4n) is 2.17. The molecule has 2 unspecified atom stereocenters. The molecule has 20 heavy (non-hydrogen) atoms. The molecule has 1 rings (SSSR count). The van der Waals surface area contributed by atoms with E-state index in [9.17, 15) is 8.42 Å². The Bertz CT molecular complexity index is 508. The summed E-state index contributed by atoms with van der Waals surface area (Å²) >= 11 is 0. The van der Waals surface area contributed by atoms with Crippen molar-refractivity contribution in [2.45, 2.75) is 44.2 Å². The van der Waals surface area contributed by atoms with E-state index in [1.54, 1.807) is 12.1 Å². The van der Waals surface area contributed by atoms with Crippen LogP contribution in [0.5, 0.6) is 0 Å². The van der Waals surface area contributed by atoms with Gasteiger partial charge in [-0.15, -0.1) is 0 Å². The first-order chi connectivity index (χ1) is 9.25. The molecular weight excluding hydrogens is 274 g/mol. The summed E-state index contributed by atoms with van der Waals surface area (Å²) < 4.78 is 22.8. The number of hydrogen-bond donors (Lipinski definition) is 2. The van der Waals surface area contributed by atoms with Crippen LogP contribution in [0.4, 0.5) is 0 Å². The van der Waals surface area contributed by atoms with Crippen molar-refractivity contribution in [3.63, 3.8) is 0 Å². The molecule has 0 amide bonds. The molecule has 0 aliphatic heterocycles. The lowest BCUT2D eigenvalue weighted by molar-refractivity contribution is 0.237. The van der Waals surface area contributed by atoms with Gasteiger partial charge in [-0.25, -0.2) is 8.42 Å². The third-order valence-electron chi connectivity index (χ3n) is 3.52. The second-order valence-corrected chi connectivity index (χ2v) is 7.61. The molecule has 0 fully saturated rings. The van der Waals surface area contributed by atoms with Crippen LogP contribution in [0.1, 0.15) is 38.8 Å². The molecule has 2 N–H and O–H groups in total. The van der Waals surface area contributed by atoms with Crippen molar-refractivity contribution >= 4 is 9.84 Å². The summed E-state index contributed by atoms with van der Waals surface area (Å²) in [6.45, 7) is 6.44. The SMILES string of the molecule is CC(NC(CCO)C(C)C)c1ccc(S(C)(=O)=O)cc1. The van der Waals surface area contributed by atoms with E-state index < -0.39 is 9.84 Å². The van der Waals surface area contributed by atoms with Gasteiger partial charge in [0.2, 0.25) is 0 Å². The molecule has 0 aliphatic rings. The lowest BCUT2D eigenvalue weighted by Crippen LogP contribution is -2.36. The van der Waals surface area contributed by atoms with Crippen LogP contribution in [0.2, 0.25) is 0 Å². The van der Waals surface area contributed by atoms with Crippen molar-refractivity contribution in [2.24, 2.45) is 5.92 Å². The van der Waals surface area contributed by atoms with Crippen LogP contribution in [0.15, 0.2) is 29.2 Å². The van der Waals surface area contributed by atoms with Crippen LogP contribution < -0.4 is 5.32 Å². The summed E-state index contributed by atoms with van der Waals surface area (Å²) in [7, 11) is -3.14. The number of sulfone groups is 1. The van der Waals surface area contributed by atoms with Crippen LogP contribution >= 0.6 is 0 Å². The average molecular weight is 299 g/mol. The van der Waals surface area contributed by atoms with Crippen LogP contribution in [0.25, 0.3) is 0 Å². The highest BCUT2D eigenvalue weighted by molar-refractivity contribution is 7.90. The van der Waals surface area contributed by atoms with Crippen molar-refractivity contribution in [3.05, 3.63) is 29.8 Å². The fraction of sp³-hybridized carbons (Fsp3) is 0.600. The van der Waals surface area contributed by atoms with Gasteiger partial charge in [0.05, 0.1) is 4.90 Å². The number of hydrogen-bond acceptors (Lipinski definition) is 4. The lowest BCUT2D eigenvalue weighted by Gasteiger charge is -2.26. The minimum absolute atomic E-state index is 0.113. The summed E-state index contributed by atoms with van der Waals surface area (Å²) in [6.07, 6.45) is 1.92. The molecule has 4 nitrogen and oxygen atoms in total. The number of benzene rings is 1. The van der Waals surface area contributed by atoms with Gasteiger partial charge in [0.1, 0.15) is 0 Å². The van der Waals surface area contributed by atoms with E-state index in [0.29, 0.717) is 17.2 Å². The molecule has 114 valence electrons. The van der Waals surface area contributed by atoms with Gasteiger partial charge in [-0.05, 0) is 37.0 Å². The second-order valence-electron chi connectivity index (χ2n) is 5.59. The van der Waals surface area contributed by atoms with E-state index in [1.807, 2.05) is 19.1 Å². The van der Waals surface area contributed by atoms with E-state index >= 15 is 0 Å². The highest BCUT2D eigenvalue weighted by atomic mass is 32.2. The van der Waals surface area contributed by atoms with Gasteiger partial charge in [0.15, 0.2) is 9.84 Å². The molecule has 0 saturated heterocycles. The van der Waals surface area contributed by atoms with Crippen molar-refractivity contribution < 1.29 is 13.5 Å². The Balaban J connectivity index is 2.79. The topological polar surface area (TPSA) is 66.4 Å². The minimum Gasteiger partial charge on any atom is -0.396 e. The number of aliphatic hydroxyl groups is 1. The predicted octanol–water partition coefficient (Wildman–Crippen LogP) is 2.15. The zero-order chi connectivity index (χ0) is 15.3. The second kappa shape index (κ2) is 7.20. The van der Waals surface area contributed by atoms with E-state index in [0.717, 1.165) is 5.56 Å². The first-order valence-electron chi connectivity index (χ1n) is 6.92. The van der Waals surface area contributed by atoms with E-state index in [4.69, 9.17) is 5.11 Å². The van der Waals surface area contributed by atoms with Crippen LogP contribution in [0.3, 0.4) is 0 Å². The molecule has 1 aromatic carbocycles. The Morgan fingerprint density at radius 3 is 2.10 bits per heavy atom. The molecular formula is C15H25NO3S. The van der Waals surface area contributed by atoms with Gasteiger partial charge in [0.25, 0.3) is 0 Å². The molecule has 0 aliphatic carbocycles. The standard InChI is InChI=1S/C15H25NO3S/c1-11(2)15(9-10-17)16-12(3)13-5-7-14(8-6-13)20(4,18)19/h5-8,11-12,15-17H,9-10H2,1-4H3. The van der Waals surface area contributed by atoms with Gasteiger partial charge in [-0.3, -0.25) is 0 Å². The van der Waals surface area contributed by atoms with E-state index in [-0.39, 0.29) is 18.7 Å². The first-order valence-corrected chi connectivity index (χ1v) is 8.81. The van der Waals surface area contributed by atoms with Gasteiger partial charge in [-0.2, -0.15) is 0 Å². The van der Waals surface area contributed by atoms with Gasteiger partial charge in [0, 0.05) is 24.9 Å². The highest BCUT2D eigenvalue weighted by Gasteiger charge is 2.16. The molecule has 0 heterocycles. The molecule has 0 radical (unpaired) electrons. The zero-order valence-electron chi connectivity index (χ0n) is 12.6. The Morgan fingerprint density at radius 1 is 1.15 bits per heavy atom. The molecule has 5 heteroatoms. The van der Waals surface area contributed by atoms with Gasteiger partial charge in [-0.1, -0.05) is 26.0 Å². The number of rotatable bonds is 7. The summed E-state index contributed by atoms with van der Waals surface area (Å²) in [5.74, 6) is 0.430. The first kappa shape index (κ1) is 17.1. The molecule has 2 atom stereocenters. The third kappa shape index (κ3) is 4.89. The monoisotopic (exact) mass is 299 g/mol. The van der Waals surface area contributed by atoms with Crippen molar-refractivity contribution in [2.75, 3.05) is 12.9 Å². The Hall–Kier alpha value is -0.910. The largest absolute Gasteiger partial charge is 0.396 e. The summed E-state index contributed by atoms with van der Waals surface area (Å²) in [5, 5.41) is 12.6. The van der Waals surface area contributed by atoms with Crippen LogP contribution in [-0.2, 0) is 9.84 Å². The third-order valence-corrected chi connectivity index (χ3v) is 4.65. The summed E-state index contributed by atoms with van der Waals surface area (Å²) in [4.78, 5) is 0.337. The minimum atomic E-state index is -3.14. The maximum absolute atomic E-state index is 11.4. The Labute approximate surface area is 122 Å². The normalized spacial score (nSPS) is 15.3.